The first kappa shape index (κ1) is 15.1. The van der Waals surface area contributed by atoms with Gasteiger partial charge in [-0.25, -0.2) is 4.79 Å². The van der Waals surface area contributed by atoms with Crippen molar-refractivity contribution in [2.75, 3.05) is 6.61 Å². The molecule has 0 fully saturated rings. The van der Waals surface area contributed by atoms with Crippen molar-refractivity contribution >= 4 is 22.9 Å². The summed E-state index contributed by atoms with van der Waals surface area (Å²) in [6.45, 7) is 5.69. The van der Waals surface area contributed by atoms with Crippen molar-refractivity contribution in [3.63, 3.8) is 0 Å². The Morgan fingerprint density at radius 3 is 2.61 bits per heavy atom. The van der Waals surface area contributed by atoms with Crippen molar-refractivity contribution in [3.8, 4) is 0 Å². The summed E-state index contributed by atoms with van der Waals surface area (Å²) in [5.74, 6) is 0.0395. The first-order valence-electron chi connectivity index (χ1n) is 7.19. The minimum Gasteiger partial charge on any atom is -0.465 e. The number of H-pyrrole nitrogens is 1. The SMILES string of the molecule is CCOC(=O)Cn1c(C)c(C)n2c3c(=O)[nH]c(=O)n(C)c3nc12. The number of ether oxygens (including phenoxy) is 1. The van der Waals surface area contributed by atoms with Gasteiger partial charge in [0.15, 0.2) is 11.2 Å². The van der Waals surface area contributed by atoms with Crippen LogP contribution in [0.1, 0.15) is 18.3 Å². The molecule has 3 heterocycles. The molecule has 0 bridgehead atoms. The van der Waals surface area contributed by atoms with Crippen LogP contribution < -0.4 is 11.2 Å². The third-order valence-corrected chi connectivity index (χ3v) is 4.00. The van der Waals surface area contributed by atoms with Crippen LogP contribution in [0, 0.1) is 13.8 Å². The zero-order valence-corrected chi connectivity index (χ0v) is 13.3. The standard InChI is InChI=1S/C14H17N5O4/c1-5-23-9(20)6-18-7(2)8(3)19-10-11(15-13(18)19)17(4)14(22)16-12(10)21/h5-6H2,1-4H3,(H,16,21,22). The molecule has 9 heteroatoms. The van der Waals surface area contributed by atoms with E-state index in [-0.39, 0.29) is 23.7 Å². The first-order chi connectivity index (χ1) is 10.9. The lowest BCUT2D eigenvalue weighted by Crippen LogP contribution is -2.28. The normalized spacial score (nSPS) is 11.5. The van der Waals surface area contributed by atoms with E-state index in [1.165, 1.54) is 11.6 Å². The van der Waals surface area contributed by atoms with E-state index in [2.05, 4.69) is 9.97 Å². The summed E-state index contributed by atoms with van der Waals surface area (Å²) in [4.78, 5) is 42.4. The lowest BCUT2D eigenvalue weighted by atomic mass is 10.3. The van der Waals surface area contributed by atoms with E-state index in [0.717, 1.165) is 11.4 Å². The van der Waals surface area contributed by atoms with Crippen LogP contribution in [0.5, 0.6) is 0 Å². The number of aryl methyl sites for hydroxylation is 2. The minimum atomic E-state index is -0.533. The van der Waals surface area contributed by atoms with E-state index >= 15 is 0 Å². The van der Waals surface area contributed by atoms with Crippen LogP contribution in [0.2, 0.25) is 0 Å². The molecule has 23 heavy (non-hydrogen) atoms. The number of nitrogens with one attached hydrogen (secondary N) is 1. The molecule has 0 radical (unpaired) electrons. The van der Waals surface area contributed by atoms with E-state index in [9.17, 15) is 14.4 Å². The van der Waals surface area contributed by atoms with Gasteiger partial charge in [-0.15, -0.1) is 0 Å². The molecule has 0 aliphatic heterocycles. The number of hydrogen-bond donors (Lipinski definition) is 1. The quantitative estimate of drug-likeness (QED) is 0.677. The van der Waals surface area contributed by atoms with Gasteiger partial charge in [-0.2, -0.15) is 4.98 Å². The van der Waals surface area contributed by atoms with Gasteiger partial charge in [0.2, 0.25) is 5.78 Å². The summed E-state index contributed by atoms with van der Waals surface area (Å²) in [5.41, 5.74) is 1.09. The van der Waals surface area contributed by atoms with Crippen molar-refractivity contribution < 1.29 is 9.53 Å². The molecule has 0 saturated heterocycles. The largest absolute Gasteiger partial charge is 0.465 e. The molecule has 9 nitrogen and oxygen atoms in total. The van der Waals surface area contributed by atoms with Crippen LogP contribution in [0.4, 0.5) is 0 Å². The van der Waals surface area contributed by atoms with E-state index in [4.69, 9.17) is 4.74 Å². The summed E-state index contributed by atoms with van der Waals surface area (Å²) >= 11 is 0. The van der Waals surface area contributed by atoms with Crippen LogP contribution >= 0.6 is 0 Å². The highest BCUT2D eigenvalue weighted by atomic mass is 16.5. The fourth-order valence-corrected chi connectivity index (χ4v) is 2.70. The van der Waals surface area contributed by atoms with Crippen molar-refractivity contribution in [2.24, 2.45) is 7.05 Å². The molecule has 3 aromatic rings. The Balaban J connectivity index is 2.38. The fraction of sp³-hybridized carbons (Fsp3) is 0.429. The maximum Gasteiger partial charge on any atom is 0.329 e. The highest BCUT2D eigenvalue weighted by Gasteiger charge is 2.21. The van der Waals surface area contributed by atoms with Gasteiger partial charge >= 0.3 is 11.7 Å². The molecule has 0 amide bonds. The average Bonchev–Trinajstić information content (AvgIpc) is 2.98. The van der Waals surface area contributed by atoms with Gasteiger partial charge in [0.05, 0.1) is 6.61 Å². The van der Waals surface area contributed by atoms with Gasteiger partial charge in [0.25, 0.3) is 5.56 Å². The van der Waals surface area contributed by atoms with Crippen molar-refractivity contribution in [1.82, 2.24) is 23.5 Å². The molecule has 3 rings (SSSR count). The molecule has 122 valence electrons. The lowest BCUT2D eigenvalue weighted by Gasteiger charge is -2.05. The lowest BCUT2D eigenvalue weighted by molar-refractivity contribution is -0.143. The third-order valence-electron chi connectivity index (χ3n) is 4.00. The predicted molar refractivity (Wildman–Crippen MR) is 82.7 cm³/mol. The number of aromatic nitrogens is 5. The molecule has 3 aromatic heterocycles. The maximum absolute atomic E-state index is 12.2. The molecule has 1 N–H and O–H groups in total. The Bertz CT molecular complexity index is 1050. The van der Waals surface area contributed by atoms with E-state index < -0.39 is 11.2 Å². The molecule has 0 aliphatic carbocycles. The molecule has 0 atom stereocenters. The van der Waals surface area contributed by atoms with Gasteiger partial charge in [-0.1, -0.05) is 0 Å². The molecular weight excluding hydrogens is 302 g/mol. The second-order valence-corrected chi connectivity index (χ2v) is 5.30. The second kappa shape index (κ2) is 5.11. The monoisotopic (exact) mass is 319 g/mol. The zero-order chi connectivity index (χ0) is 16.9. The van der Waals surface area contributed by atoms with Gasteiger partial charge in [-0.3, -0.25) is 23.5 Å². The first-order valence-corrected chi connectivity index (χ1v) is 7.19. The van der Waals surface area contributed by atoms with Crippen LogP contribution in [-0.2, 0) is 23.1 Å². The number of aromatic amines is 1. The molecule has 0 aliphatic rings. The van der Waals surface area contributed by atoms with Crippen LogP contribution in [0.15, 0.2) is 9.59 Å². The number of rotatable bonds is 3. The van der Waals surface area contributed by atoms with Gasteiger partial charge in [-0.05, 0) is 20.8 Å². The van der Waals surface area contributed by atoms with E-state index in [1.807, 2.05) is 13.8 Å². The molecular formula is C14H17N5O4. The molecule has 0 aromatic carbocycles. The second-order valence-electron chi connectivity index (χ2n) is 5.30. The number of hydrogen-bond acceptors (Lipinski definition) is 5. The maximum atomic E-state index is 12.2. The van der Waals surface area contributed by atoms with Gasteiger partial charge in [0.1, 0.15) is 6.54 Å². The summed E-state index contributed by atoms with van der Waals surface area (Å²) in [5, 5.41) is 0. The Kier molecular flexibility index (Phi) is 3.35. The predicted octanol–water partition coefficient (Wildman–Crippen LogP) is -0.144. The smallest absolute Gasteiger partial charge is 0.329 e. The number of carbonyl (C=O) groups is 1. The number of carbonyl (C=O) groups excluding carboxylic acids is 1. The van der Waals surface area contributed by atoms with Crippen LogP contribution in [0.25, 0.3) is 16.9 Å². The summed E-state index contributed by atoms with van der Waals surface area (Å²) < 4.78 is 9.58. The highest BCUT2D eigenvalue weighted by molar-refractivity contribution is 5.77. The van der Waals surface area contributed by atoms with Gasteiger partial charge in [0, 0.05) is 18.4 Å². The van der Waals surface area contributed by atoms with E-state index in [0.29, 0.717) is 12.4 Å². The van der Waals surface area contributed by atoms with E-state index in [1.54, 1.807) is 15.9 Å². The van der Waals surface area contributed by atoms with Crippen LogP contribution in [0.3, 0.4) is 0 Å². The topological polar surface area (TPSA) is 103 Å². The number of esters is 1. The fourth-order valence-electron chi connectivity index (χ4n) is 2.70. The summed E-state index contributed by atoms with van der Waals surface area (Å²) in [6.07, 6.45) is 0. The third kappa shape index (κ3) is 2.07. The Labute approximate surface area is 130 Å². The van der Waals surface area contributed by atoms with Crippen molar-refractivity contribution in [1.29, 1.82) is 0 Å². The number of fused-ring (bicyclic) bond motifs is 3. The zero-order valence-electron chi connectivity index (χ0n) is 13.3. The molecule has 0 unspecified atom stereocenters. The highest BCUT2D eigenvalue weighted by Crippen LogP contribution is 2.20. The minimum absolute atomic E-state index is 0.00775. The molecule has 0 spiro atoms. The summed E-state index contributed by atoms with van der Waals surface area (Å²) in [6, 6.07) is 0. The summed E-state index contributed by atoms with van der Waals surface area (Å²) in [7, 11) is 1.53. The van der Waals surface area contributed by atoms with Crippen molar-refractivity contribution in [2.45, 2.75) is 27.3 Å². The Morgan fingerprint density at radius 1 is 1.26 bits per heavy atom. The Hall–Kier alpha value is -2.84. The van der Waals surface area contributed by atoms with Crippen LogP contribution in [-0.4, -0.2) is 36.1 Å². The number of nitrogens with zero attached hydrogens (tertiary/aromatic N) is 4. The Morgan fingerprint density at radius 2 is 1.96 bits per heavy atom. The number of imidazole rings is 2. The van der Waals surface area contributed by atoms with Crippen molar-refractivity contribution in [3.05, 3.63) is 32.2 Å². The van der Waals surface area contributed by atoms with Gasteiger partial charge < -0.3 is 9.30 Å². The molecule has 0 saturated carbocycles. The average molecular weight is 319 g/mol.